The highest BCUT2D eigenvalue weighted by molar-refractivity contribution is 7.71. The summed E-state index contributed by atoms with van der Waals surface area (Å²) in [6.07, 6.45) is 3.54. The Balaban J connectivity index is 1.34. The second-order valence-electron chi connectivity index (χ2n) is 7.53. The smallest absolute Gasteiger partial charge is 0.254 e. The van der Waals surface area contributed by atoms with Crippen LogP contribution in [0.2, 0.25) is 0 Å². The molecule has 0 spiro atoms. The van der Waals surface area contributed by atoms with Crippen molar-refractivity contribution in [2.24, 2.45) is 0 Å². The number of hydrogen-bond donors (Lipinski definition) is 1. The van der Waals surface area contributed by atoms with E-state index in [-0.39, 0.29) is 11.8 Å². The molecule has 0 bridgehead atoms. The van der Waals surface area contributed by atoms with Gasteiger partial charge in [0.15, 0.2) is 10.6 Å². The third-order valence-corrected chi connectivity index (χ3v) is 5.78. The van der Waals surface area contributed by atoms with Gasteiger partial charge in [-0.3, -0.25) is 24.2 Å². The van der Waals surface area contributed by atoms with Gasteiger partial charge in [-0.15, -0.1) is 0 Å². The molecule has 3 heterocycles. The minimum atomic E-state index is -0.0260. The molecule has 2 aromatic heterocycles. The fourth-order valence-corrected chi connectivity index (χ4v) is 3.87. The predicted molar refractivity (Wildman–Crippen MR) is 119 cm³/mol. The quantitative estimate of drug-likeness (QED) is 0.622. The molecule has 0 radical (unpaired) electrons. The summed E-state index contributed by atoms with van der Waals surface area (Å²) in [5, 5.41) is 7.17. The first-order valence-corrected chi connectivity index (χ1v) is 10.6. The first kappa shape index (κ1) is 20.9. The van der Waals surface area contributed by atoms with Crippen molar-refractivity contribution in [2.45, 2.75) is 19.9 Å². The molecule has 1 saturated heterocycles. The maximum absolute atomic E-state index is 12.8. The minimum absolute atomic E-state index is 0.0260. The Labute approximate surface area is 185 Å². The lowest BCUT2D eigenvalue weighted by Gasteiger charge is -2.35. The Morgan fingerprint density at radius 3 is 2.32 bits per heavy atom. The Morgan fingerprint density at radius 2 is 1.65 bits per heavy atom. The number of hydrogen-bond acceptors (Lipinski definition) is 5. The lowest BCUT2D eigenvalue weighted by atomic mass is 10.1. The third-order valence-electron chi connectivity index (χ3n) is 5.46. The van der Waals surface area contributed by atoms with Gasteiger partial charge in [0.25, 0.3) is 5.91 Å². The van der Waals surface area contributed by atoms with E-state index in [9.17, 15) is 9.59 Å². The Kier molecular flexibility index (Phi) is 6.22. The minimum Gasteiger partial charge on any atom is -0.339 e. The summed E-state index contributed by atoms with van der Waals surface area (Å²) in [4.78, 5) is 32.9. The van der Waals surface area contributed by atoms with E-state index < -0.39 is 0 Å². The number of nitrogens with zero attached hydrogens (tertiary/aromatic N) is 5. The zero-order valence-corrected chi connectivity index (χ0v) is 18.1. The largest absolute Gasteiger partial charge is 0.339 e. The predicted octanol–water partition coefficient (Wildman–Crippen LogP) is 2.69. The average Bonchev–Trinajstić information content (AvgIpc) is 3.18. The van der Waals surface area contributed by atoms with Gasteiger partial charge in [-0.1, -0.05) is 29.8 Å². The van der Waals surface area contributed by atoms with Gasteiger partial charge in [0, 0.05) is 62.7 Å². The summed E-state index contributed by atoms with van der Waals surface area (Å²) in [5.74, 6) is 0.751. The molecule has 1 fully saturated rings. The topological polar surface area (TPSA) is 87.1 Å². The normalized spacial score (nSPS) is 14.0. The molecule has 2 amide bonds. The van der Waals surface area contributed by atoms with E-state index in [4.69, 9.17) is 12.2 Å². The van der Waals surface area contributed by atoms with Crippen LogP contribution in [0.5, 0.6) is 0 Å². The fraction of sp³-hybridized carbons (Fsp3) is 0.318. The van der Waals surface area contributed by atoms with Gasteiger partial charge in [-0.2, -0.15) is 5.10 Å². The van der Waals surface area contributed by atoms with Crippen molar-refractivity contribution in [3.8, 4) is 11.4 Å². The van der Waals surface area contributed by atoms with E-state index in [1.807, 2.05) is 40.7 Å². The zero-order chi connectivity index (χ0) is 21.8. The lowest BCUT2D eigenvalue weighted by molar-refractivity contribution is -0.132. The van der Waals surface area contributed by atoms with E-state index in [1.165, 1.54) is 5.56 Å². The summed E-state index contributed by atoms with van der Waals surface area (Å²) >= 11 is 5.37. The molecule has 0 atom stereocenters. The van der Waals surface area contributed by atoms with E-state index in [0.29, 0.717) is 49.5 Å². The van der Waals surface area contributed by atoms with Crippen LogP contribution in [0.1, 0.15) is 22.3 Å². The summed E-state index contributed by atoms with van der Waals surface area (Å²) in [5.41, 5.74) is 2.74. The maximum Gasteiger partial charge on any atom is 0.254 e. The molecule has 8 nitrogen and oxygen atoms in total. The number of carbonyl (C=O) groups is 2. The Bertz CT molecular complexity index is 1110. The molecule has 0 unspecified atom stereocenters. The highest BCUT2D eigenvalue weighted by Gasteiger charge is 2.25. The van der Waals surface area contributed by atoms with Crippen molar-refractivity contribution >= 4 is 24.0 Å². The molecule has 1 aliphatic rings. The van der Waals surface area contributed by atoms with Crippen LogP contribution in [-0.4, -0.2) is 67.5 Å². The van der Waals surface area contributed by atoms with Crippen molar-refractivity contribution in [3.63, 3.8) is 0 Å². The molecule has 3 aromatic rings. The second kappa shape index (κ2) is 9.22. The van der Waals surface area contributed by atoms with Gasteiger partial charge < -0.3 is 9.80 Å². The first-order chi connectivity index (χ1) is 15.0. The van der Waals surface area contributed by atoms with Crippen LogP contribution in [0, 0.1) is 11.7 Å². The van der Waals surface area contributed by atoms with Crippen LogP contribution >= 0.6 is 12.2 Å². The van der Waals surface area contributed by atoms with Gasteiger partial charge in [-0.05, 0) is 31.3 Å². The SMILES string of the molecule is Cc1ccc(-c2n[nH]c(=S)n2CCC(=O)N2CCN(C(=O)c3ccncc3)CC2)cc1. The fourth-order valence-electron chi connectivity index (χ4n) is 3.65. The highest BCUT2D eigenvalue weighted by Crippen LogP contribution is 2.18. The van der Waals surface area contributed by atoms with Crippen molar-refractivity contribution in [3.05, 3.63) is 64.7 Å². The van der Waals surface area contributed by atoms with Crippen LogP contribution in [0.4, 0.5) is 0 Å². The number of piperazine rings is 1. The molecule has 31 heavy (non-hydrogen) atoms. The Hall–Kier alpha value is -3.33. The standard InChI is InChI=1S/C22H24N6O2S/c1-16-2-4-17(5-3-16)20-24-25-22(31)28(20)11-8-19(29)26-12-14-27(15-13-26)21(30)18-6-9-23-10-7-18/h2-7,9-10H,8,11-15H2,1H3,(H,25,31). The summed E-state index contributed by atoms with van der Waals surface area (Å²) in [7, 11) is 0. The van der Waals surface area contributed by atoms with Crippen molar-refractivity contribution in [2.75, 3.05) is 26.2 Å². The molecule has 1 aromatic carbocycles. The monoisotopic (exact) mass is 436 g/mol. The number of aromatic nitrogens is 4. The summed E-state index contributed by atoms with van der Waals surface area (Å²) < 4.78 is 2.36. The number of nitrogens with one attached hydrogen (secondary N) is 1. The van der Waals surface area contributed by atoms with Crippen LogP contribution in [-0.2, 0) is 11.3 Å². The van der Waals surface area contributed by atoms with Gasteiger partial charge in [-0.25, -0.2) is 0 Å². The number of H-pyrrole nitrogens is 1. The number of aromatic amines is 1. The van der Waals surface area contributed by atoms with Gasteiger partial charge in [0.2, 0.25) is 5.91 Å². The molecule has 160 valence electrons. The van der Waals surface area contributed by atoms with E-state index in [2.05, 4.69) is 15.2 Å². The summed E-state index contributed by atoms with van der Waals surface area (Å²) in [6, 6.07) is 11.5. The lowest BCUT2D eigenvalue weighted by Crippen LogP contribution is -2.50. The maximum atomic E-state index is 12.8. The van der Waals surface area contributed by atoms with Crippen LogP contribution < -0.4 is 0 Å². The highest BCUT2D eigenvalue weighted by atomic mass is 32.1. The van der Waals surface area contributed by atoms with Crippen LogP contribution in [0.25, 0.3) is 11.4 Å². The molecular formula is C22H24N6O2S. The molecule has 9 heteroatoms. The van der Waals surface area contributed by atoms with Crippen LogP contribution in [0.15, 0.2) is 48.8 Å². The molecule has 1 N–H and O–H groups in total. The molecule has 4 rings (SSSR count). The number of aryl methyl sites for hydroxylation is 1. The number of rotatable bonds is 5. The third kappa shape index (κ3) is 4.72. The molecule has 1 aliphatic heterocycles. The van der Waals surface area contributed by atoms with Crippen molar-refractivity contribution in [1.29, 1.82) is 0 Å². The first-order valence-electron chi connectivity index (χ1n) is 10.2. The van der Waals surface area contributed by atoms with E-state index in [1.54, 1.807) is 29.4 Å². The van der Waals surface area contributed by atoms with E-state index in [0.717, 1.165) is 11.4 Å². The molecule has 0 aliphatic carbocycles. The number of benzene rings is 1. The number of amides is 2. The second-order valence-corrected chi connectivity index (χ2v) is 7.92. The molecule has 0 saturated carbocycles. The van der Waals surface area contributed by atoms with Crippen molar-refractivity contribution in [1.82, 2.24) is 29.5 Å². The van der Waals surface area contributed by atoms with E-state index >= 15 is 0 Å². The average molecular weight is 437 g/mol. The number of carbonyl (C=O) groups excluding carboxylic acids is 2. The van der Waals surface area contributed by atoms with Crippen molar-refractivity contribution < 1.29 is 9.59 Å². The molecular weight excluding hydrogens is 412 g/mol. The summed E-state index contributed by atoms with van der Waals surface area (Å²) in [6.45, 7) is 4.57. The number of pyridine rings is 1. The Morgan fingerprint density at radius 1 is 1.00 bits per heavy atom. The van der Waals surface area contributed by atoms with Crippen LogP contribution in [0.3, 0.4) is 0 Å². The van der Waals surface area contributed by atoms with Gasteiger partial charge >= 0.3 is 0 Å². The van der Waals surface area contributed by atoms with Gasteiger partial charge in [0.05, 0.1) is 0 Å². The van der Waals surface area contributed by atoms with Gasteiger partial charge in [0.1, 0.15) is 0 Å². The zero-order valence-electron chi connectivity index (χ0n) is 17.3.